The number of rotatable bonds is 5. The summed E-state index contributed by atoms with van der Waals surface area (Å²) in [6, 6.07) is 7.93. The van der Waals surface area contributed by atoms with E-state index in [1.165, 1.54) is 5.56 Å². The fourth-order valence-corrected chi connectivity index (χ4v) is 3.05. The molecule has 0 saturated heterocycles. The molecule has 0 bridgehead atoms. The molecule has 1 amide bonds. The number of nitrogens with two attached hydrogens (primary N) is 1. The first-order chi connectivity index (χ1) is 10.4. The smallest absolute Gasteiger partial charge is 0.225 e. The van der Waals surface area contributed by atoms with Crippen LogP contribution < -0.4 is 15.8 Å². The van der Waals surface area contributed by atoms with Gasteiger partial charge in [0.2, 0.25) is 5.91 Å². The van der Waals surface area contributed by atoms with Crippen molar-refractivity contribution in [2.75, 3.05) is 6.54 Å². The molecule has 1 aliphatic carbocycles. The van der Waals surface area contributed by atoms with Crippen molar-refractivity contribution in [3.63, 3.8) is 0 Å². The molecule has 4 nitrogen and oxygen atoms in total. The lowest BCUT2D eigenvalue weighted by atomic mass is 9.74. The minimum atomic E-state index is -0.386. The Morgan fingerprint density at radius 2 is 2.04 bits per heavy atom. The summed E-state index contributed by atoms with van der Waals surface area (Å²) in [6.45, 7) is 6.49. The molecule has 130 valence electrons. The van der Waals surface area contributed by atoms with Gasteiger partial charge in [-0.25, -0.2) is 0 Å². The second-order valence-corrected chi connectivity index (χ2v) is 6.79. The van der Waals surface area contributed by atoms with Crippen molar-refractivity contribution < 1.29 is 9.53 Å². The summed E-state index contributed by atoms with van der Waals surface area (Å²) in [6.07, 6.45) is 3.93. The third-order valence-electron chi connectivity index (χ3n) is 4.49. The minimum Gasteiger partial charge on any atom is -0.489 e. The van der Waals surface area contributed by atoms with E-state index in [0.717, 1.165) is 31.4 Å². The molecule has 3 atom stereocenters. The molecule has 0 aromatic heterocycles. The van der Waals surface area contributed by atoms with Gasteiger partial charge in [0.1, 0.15) is 11.9 Å². The van der Waals surface area contributed by atoms with Crippen molar-refractivity contribution in [1.29, 1.82) is 0 Å². The van der Waals surface area contributed by atoms with E-state index in [9.17, 15) is 4.79 Å². The fourth-order valence-electron chi connectivity index (χ4n) is 3.05. The van der Waals surface area contributed by atoms with E-state index in [1.54, 1.807) is 0 Å². The number of benzene rings is 1. The van der Waals surface area contributed by atoms with Gasteiger partial charge in [-0.1, -0.05) is 30.5 Å². The quantitative estimate of drug-likeness (QED) is 0.865. The number of hydrogen-bond acceptors (Lipinski definition) is 3. The first kappa shape index (κ1) is 19.8. The number of halogens is 1. The highest BCUT2D eigenvalue weighted by molar-refractivity contribution is 5.85. The van der Waals surface area contributed by atoms with Crippen LogP contribution in [0.4, 0.5) is 0 Å². The summed E-state index contributed by atoms with van der Waals surface area (Å²) in [5.74, 6) is 0.797. The van der Waals surface area contributed by atoms with E-state index in [1.807, 2.05) is 45.0 Å². The molecule has 1 saturated carbocycles. The number of carbonyl (C=O) groups excluding carboxylic acids is 1. The highest BCUT2D eigenvalue weighted by atomic mass is 35.5. The van der Waals surface area contributed by atoms with Crippen LogP contribution in [0.15, 0.2) is 24.3 Å². The summed E-state index contributed by atoms with van der Waals surface area (Å²) in [5, 5.41) is 3.00. The van der Waals surface area contributed by atoms with Gasteiger partial charge in [-0.2, -0.15) is 0 Å². The SMILES string of the molecule is Cc1ccc(OC(C)CNC(=O)C2CCCCC2(C)N)cc1.Cl. The van der Waals surface area contributed by atoms with Crippen LogP contribution in [0.5, 0.6) is 5.75 Å². The van der Waals surface area contributed by atoms with Gasteiger partial charge in [0.25, 0.3) is 0 Å². The molecule has 0 aliphatic heterocycles. The summed E-state index contributed by atoms with van der Waals surface area (Å²) in [5.41, 5.74) is 7.09. The number of hydrogen-bond donors (Lipinski definition) is 2. The Bertz CT molecular complexity index is 502. The van der Waals surface area contributed by atoms with Crippen LogP contribution in [-0.2, 0) is 4.79 Å². The third kappa shape index (κ3) is 5.70. The summed E-state index contributed by atoms with van der Waals surface area (Å²) in [4.78, 5) is 12.4. The van der Waals surface area contributed by atoms with Crippen molar-refractivity contribution in [2.45, 2.75) is 58.1 Å². The van der Waals surface area contributed by atoms with Gasteiger partial charge in [0.05, 0.1) is 12.5 Å². The first-order valence-electron chi connectivity index (χ1n) is 8.18. The van der Waals surface area contributed by atoms with Crippen molar-refractivity contribution in [3.8, 4) is 5.75 Å². The summed E-state index contributed by atoms with van der Waals surface area (Å²) >= 11 is 0. The maximum absolute atomic E-state index is 12.4. The zero-order valence-corrected chi connectivity index (χ0v) is 15.1. The Labute approximate surface area is 145 Å². The van der Waals surface area contributed by atoms with Crippen LogP contribution in [0, 0.1) is 12.8 Å². The van der Waals surface area contributed by atoms with Crippen molar-refractivity contribution >= 4 is 18.3 Å². The molecule has 2 rings (SSSR count). The molecule has 1 fully saturated rings. The van der Waals surface area contributed by atoms with E-state index in [2.05, 4.69) is 5.32 Å². The van der Waals surface area contributed by atoms with E-state index < -0.39 is 0 Å². The highest BCUT2D eigenvalue weighted by Gasteiger charge is 2.37. The molecule has 3 unspecified atom stereocenters. The van der Waals surface area contributed by atoms with Crippen molar-refractivity contribution in [3.05, 3.63) is 29.8 Å². The predicted molar refractivity (Wildman–Crippen MR) is 96.1 cm³/mol. The topological polar surface area (TPSA) is 64.3 Å². The lowest BCUT2D eigenvalue weighted by Gasteiger charge is -2.37. The molecular weight excluding hydrogens is 312 g/mol. The van der Waals surface area contributed by atoms with E-state index in [0.29, 0.717) is 6.54 Å². The second-order valence-electron chi connectivity index (χ2n) is 6.79. The first-order valence-corrected chi connectivity index (χ1v) is 8.18. The maximum atomic E-state index is 12.4. The Balaban J connectivity index is 0.00000264. The fraction of sp³-hybridized carbons (Fsp3) is 0.611. The monoisotopic (exact) mass is 340 g/mol. The van der Waals surface area contributed by atoms with Crippen LogP contribution in [0.3, 0.4) is 0 Å². The number of aryl methyl sites for hydroxylation is 1. The zero-order chi connectivity index (χ0) is 16.2. The molecule has 5 heteroatoms. The average Bonchev–Trinajstić information content (AvgIpc) is 2.47. The third-order valence-corrected chi connectivity index (χ3v) is 4.49. The lowest BCUT2D eigenvalue weighted by molar-refractivity contribution is -0.128. The standard InChI is InChI=1S/C18H28N2O2.ClH/c1-13-7-9-15(10-8-13)22-14(2)12-20-17(21)16-6-4-5-11-18(16,3)19;/h7-10,14,16H,4-6,11-12,19H2,1-3H3,(H,20,21);1H. The normalized spacial score (nSPS) is 25.1. The minimum absolute atomic E-state index is 0. The van der Waals surface area contributed by atoms with Gasteiger partial charge in [-0.05, 0) is 45.7 Å². The molecule has 1 aromatic carbocycles. The zero-order valence-electron chi connectivity index (χ0n) is 14.3. The van der Waals surface area contributed by atoms with Crippen LogP contribution >= 0.6 is 12.4 Å². The molecule has 3 N–H and O–H groups in total. The molecule has 1 aliphatic rings. The van der Waals surface area contributed by atoms with Crippen molar-refractivity contribution in [1.82, 2.24) is 5.32 Å². The Morgan fingerprint density at radius 3 is 2.65 bits per heavy atom. The Hall–Kier alpha value is -1.26. The highest BCUT2D eigenvalue weighted by Crippen LogP contribution is 2.31. The van der Waals surface area contributed by atoms with Gasteiger partial charge in [-0.15, -0.1) is 12.4 Å². The largest absolute Gasteiger partial charge is 0.489 e. The molecule has 0 radical (unpaired) electrons. The number of amides is 1. The maximum Gasteiger partial charge on any atom is 0.225 e. The van der Waals surface area contributed by atoms with E-state index in [-0.39, 0.29) is 35.9 Å². The van der Waals surface area contributed by atoms with Gasteiger partial charge < -0.3 is 15.8 Å². The number of ether oxygens (including phenoxy) is 1. The van der Waals surface area contributed by atoms with E-state index >= 15 is 0 Å². The van der Waals surface area contributed by atoms with E-state index in [4.69, 9.17) is 10.5 Å². The number of nitrogens with one attached hydrogen (secondary N) is 1. The molecule has 1 aromatic rings. The second kappa shape index (κ2) is 8.55. The molecule has 0 spiro atoms. The van der Waals surface area contributed by atoms with Crippen LogP contribution in [0.2, 0.25) is 0 Å². The lowest BCUT2D eigenvalue weighted by Crippen LogP contribution is -2.53. The van der Waals surface area contributed by atoms with Gasteiger partial charge in [0.15, 0.2) is 0 Å². The summed E-state index contributed by atoms with van der Waals surface area (Å²) in [7, 11) is 0. The summed E-state index contributed by atoms with van der Waals surface area (Å²) < 4.78 is 5.81. The van der Waals surface area contributed by atoms with Gasteiger partial charge in [-0.3, -0.25) is 4.79 Å². The predicted octanol–water partition coefficient (Wildman–Crippen LogP) is 3.21. The van der Waals surface area contributed by atoms with Gasteiger partial charge >= 0.3 is 0 Å². The van der Waals surface area contributed by atoms with Crippen LogP contribution in [0.25, 0.3) is 0 Å². The average molecular weight is 341 g/mol. The Kier molecular flexibility index (Phi) is 7.36. The molecule has 0 heterocycles. The van der Waals surface area contributed by atoms with Crippen molar-refractivity contribution in [2.24, 2.45) is 11.7 Å². The van der Waals surface area contributed by atoms with Crippen LogP contribution in [0.1, 0.15) is 45.1 Å². The van der Waals surface area contributed by atoms with Gasteiger partial charge in [0, 0.05) is 5.54 Å². The Morgan fingerprint density at radius 1 is 1.39 bits per heavy atom. The number of carbonyl (C=O) groups is 1. The molecule has 23 heavy (non-hydrogen) atoms. The van der Waals surface area contributed by atoms with Crippen LogP contribution in [-0.4, -0.2) is 24.1 Å². The molecular formula is C18H29ClN2O2.